The number of nitrogens with one attached hydrogen (secondary N) is 3. The van der Waals surface area contributed by atoms with Gasteiger partial charge in [-0.05, 0) is 49.4 Å². The van der Waals surface area contributed by atoms with Crippen molar-refractivity contribution >= 4 is 17.5 Å². The summed E-state index contributed by atoms with van der Waals surface area (Å²) in [6, 6.07) is 14.3. The van der Waals surface area contributed by atoms with Crippen molar-refractivity contribution < 1.29 is 23.3 Å². The monoisotopic (exact) mass is 382 g/mol. The summed E-state index contributed by atoms with van der Waals surface area (Å²) in [5.41, 5.74) is 1.10. The predicted molar refractivity (Wildman–Crippen MR) is 104 cm³/mol. The van der Waals surface area contributed by atoms with Crippen LogP contribution in [-0.2, 0) is 17.9 Å². The fourth-order valence-corrected chi connectivity index (χ4v) is 2.94. The Morgan fingerprint density at radius 2 is 1.64 bits per heavy atom. The number of quaternary nitrogens is 1. The van der Waals surface area contributed by atoms with Crippen LogP contribution in [0.3, 0.4) is 0 Å². The molecule has 0 fully saturated rings. The van der Waals surface area contributed by atoms with Crippen molar-refractivity contribution in [3.63, 3.8) is 0 Å². The molecule has 7 heteroatoms. The number of furan rings is 2. The van der Waals surface area contributed by atoms with Gasteiger partial charge >= 0.3 is 0 Å². The minimum absolute atomic E-state index is 0.152. The molecule has 0 aliphatic rings. The van der Waals surface area contributed by atoms with E-state index < -0.39 is 0 Å². The molecule has 0 radical (unpaired) electrons. The van der Waals surface area contributed by atoms with Crippen LogP contribution in [0, 0.1) is 0 Å². The molecule has 0 atom stereocenters. The van der Waals surface area contributed by atoms with E-state index in [1.54, 1.807) is 36.8 Å². The Bertz CT molecular complexity index is 852. The largest absolute Gasteiger partial charge is 0.463 e. The van der Waals surface area contributed by atoms with Crippen molar-refractivity contribution in [1.29, 1.82) is 0 Å². The number of hydrogen-bond acceptors (Lipinski definition) is 4. The van der Waals surface area contributed by atoms with Crippen LogP contribution in [0.2, 0.25) is 0 Å². The molecule has 0 unspecified atom stereocenters. The van der Waals surface area contributed by atoms with Crippen molar-refractivity contribution in [2.45, 2.75) is 20.0 Å². The highest BCUT2D eigenvalue weighted by Crippen LogP contribution is 2.10. The highest BCUT2D eigenvalue weighted by molar-refractivity contribution is 5.97. The Hall–Kier alpha value is -3.32. The van der Waals surface area contributed by atoms with E-state index in [0.29, 0.717) is 30.9 Å². The molecule has 0 saturated carbocycles. The van der Waals surface area contributed by atoms with Gasteiger partial charge in [0, 0.05) is 17.8 Å². The van der Waals surface area contributed by atoms with Crippen molar-refractivity contribution in [2.75, 3.05) is 18.4 Å². The van der Waals surface area contributed by atoms with E-state index in [1.807, 2.05) is 31.2 Å². The first-order valence-electron chi connectivity index (χ1n) is 9.20. The SMILES string of the molecule is CCNC(=O)c1cccc(NC(=O)C[NH+](Cc2ccco2)Cc2ccco2)c1. The number of carbonyl (C=O) groups excluding carboxylic acids is 2. The summed E-state index contributed by atoms with van der Waals surface area (Å²) in [7, 11) is 0. The smallest absolute Gasteiger partial charge is 0.279 e. The van der Waals surface area contributed by atoms with E-state index in [9.17, 15) is 9.59 Å². The molecule has 0 aliphatic heterocycles. The first-order chi connectivity index (χ1) is 13.6. The molecule has 0 saturated heterocycles. The minimum atomic E-state index is -0.165. The normalized spacial score (nSPS) is 10.8. The summed E-state index contributed by atoms with van der Waals surface area (Å²) in [6.07, 6.45) is 3.24. The van der Waals surface area contributed by atoms with Crippen LogP contribution < -0.4 is 15.5 Å². The molecule has 3 N–H and O–H groups in total. The summed E-state index contributed by atoms with van der Waals surface area (Å²) >= 11 is 0. The summed E-state index contributed by atoms with van der Waals surface area (Å²) in [5, 5.41) is 5.62. The van der Waals surface area contributed by atoms with E-state index in [2.05, 4.69) is 10.6 Å². The van der Waals surface area contributed by atoms with Gasteiger partial charge in [0.2, 0.25) is 0 Å². The maximum Gasteiger partial charge on any atom is 0.279 e. The number of amides is 2. The van der Waals surface area contributed by atoms with Crippen molar-refractivity contribution in [1.82, 2.24) is 5.32 Å². The molecule has 7 nitrogen and oxygen atoms in total. The molecule has 3 aromatic rings. The van der Waals surface area contributed by atoms with Gasteiger partial charge in [0.25, 0.3) is 11.8 Å². The van der Waals surface area contributed by atoms with Crippen LogP contribution in [-0.4, -0.2) is 24.9 Å². The third kappa shape index (κ3) is 5.59. The molecule has 1 aromatic carbocycles. The number of anilines is 1. The molecule has 2 heterocycles. The molecule has 0 aliphatic carbocycles. The summed E-state index contributed by atoms with van der Waals surface area (Å²) < 4.78 is 10.8. The molecule has 3 rings (SSSR count). The van der Waals surface area contributed by atoms with Crippen LogP contribution in [0.15, 0.2) is 69.9 Å². The summed E-state index contributed by atoms with van der Waals surface area (Å²) in [5.74, 6) is 1.28. The van der Waals surface area contributed by atoms with E-state index in [4.69, 9.17) is 8.83 Å². The Balaban J connectivity index is 1.64. The van der Waals surface area contributed by atoms with Gasteiger partial charge in [-0.2, -0.15) is 0 Å². The standard InChI is InChI=1S/C21H23N3O4/c1-2-22-21(26)16-6-3-7-17(12-16)23-20(25)15-24(13-18-8-4-10-27-18)14-19-9-5-11-28-19/h3-12H,2,13-15H2,1H3,(H,22,26)(H,23,25)/p+1. The Labute approximate surface area is 163 Å². The van der Waals surface area contributed by atoms with Gasteiger partial charge in [-0.25, -0.2) is 0 Å². The van der Waals surface area contributed by atoms with Crippen LogP contribution in [0.4, 0.5) is 5.69 Å². The van der Waals surface area contributed by atoms with Gasteiger partial charge in [0.15, 0.2) is 18.1 Å². The predicted octanol–water partition coefficient (Wildman–Crippen LogP) is 1.85. The van der Waals surface area contributed by atoms with Crippen LogP contribution in [0.5, 0.6) is 0 Å². The van der Waals surface area contributed by atoms with Crippen molar-refractivity contribution in [2.24, 2.45) is 0 Å². The number of carbonyl (C=O) groups is 2. The van der Waals surface area contributed by atoms with E-state index >= 15 is 0 Å². The van der Waals surface area contributed by atoms with Gasteiger partial charge in [-0.15, -0.1) is 0 Å². The van der Waals surface area contributed by atoms with E-state index in [1.165, 1.54) is 0 Å². The van der Waals surface area contributed by atoms with Crippen LogP contribution >= 0.6 is 0 Å². The van der Waals surface area contributed by atoms with Crippen molar-refractivity contribution in [3.05, 3.63) is 78.1 Å². The quantitative estimate of drug-likeness (QED) is 0.527. The molecular weight excluding hydrogens is 358 g/mol. The Kier molecular flexibility index (Phi) is 6.64. The number of benzene rings is 1. The third-order valence-corrected chi connectivity index (χ3v) is 4.17. The maximum absolute atomic E-state index is 12.6. The fraction of sp³-hybridized carbons (Fsp3) is 0.238. The topological polar surface area (TPSA) is 88.9 Å². The number of hydrogen-bond donors (Lipinski definition) is 3. The van der Waals surface area contributed by atoms with Crippen LogP contribution in [0.1, 0.15) is 28.8 Å². The van der Waals surface area contributed by atoms with Gasteiger partial charge in [-0.1, -0.05) is 6.07 Å². The van der Waals surface area contributed by atoms with Crippen molar-refractivity contribution in [3.8, 4) is 0 Å². The molecule has 0 bridgehead atoms. The molecule has 28 heavy (non-hydrogen) atoms. The third-order valence-electron chi connectivity index (χ3n) is 4.17. The second-order valence-electron chi connectivity index (χ2n) is 6.43. The molecule has 0 spiro atoms. The number of rotatable bonds is 9. The zero-order valence-corrected chi connectivity index (χ0v) is 15.7. The van der Waals surface area contributed by atoms with Gasteiger partial charge in [-0.3, -0.25) is 9.59 Å². The summed E-state index contributed by atoms with van der Waals surface area (Å²) in [4.78, 5) is 25.5. The average molecular weight is 382 g/mol. The highest BCUT2D eigenvalue weighted by atomic mass is 16.3. The molecular formula is C21H24N3O4+. The minimum Gasteiger partial charge on any atom is -0.463 e. The lowest BCUT2D eigenvalue weighted by molar-refractivity contribution is -0.921. The molecule has 2 aromatic heterocycles. The average Bonchev–Trinajstić information content (AvgIpc) is 3.36. The second kappa shape index (κ2) is 9.57. The lowest BCUT2D eigenvalue weighted by Crippen LogP contribution is -3.10. The van der Waals surface area contributed by atoms with Crippen LogP contribution in [0.25, 0.3) is 0 Å². The first-order valence-corrected chi connectivity index (χ1v) is 9.20. The molecule has 146 valence electrons. The van der Waals surface area contributed by atoms with Gasteiger partial charge < -0.3 is 24.4 Å². The lowest BCUT2D eigenvalue weighted by Gasteiger charge is -2.17. The first kappa shape index (κ1) is 19.4. The fourth-order valence-electron chi connectivity index (χ4n) is 2.94. The lowest BCUT2D eigenvalue weighted by atomic mass is 10.2. The zero-order valence-electron chi connectivity index (χ0n) is 15.7. The Morgan fingerprint density at radius 3 is 2.21 bits per heavy atom. The Morgan fingerprint density at radius 1 is 0.964 bits per heavy atom. The molecule has 2 amide bonds. The maximum atomic E-state index is 12.6. The van der Waals surface area contributed by atoms with E-state index in [-0.39, 0.29) is 18.4 Å². The second-order valence-corrected chi connectivity index (χ2v) is 6.43. The highest BCUT2D eigenvalue weighted by Gasteiger charge is 2.18. The van der Waals surface area contributed by atoms with E-state index in [0.717, 1.165) is 16.4 Å². The van der Waals surface area contributed by atoms with Gasteiger partial charge in [0.05, 0.1) is 12.5 Å². The zero-order chi connectivity index (χ0) is 19.8. The van der Waals surface area contributed by atoms with Gasteiger partial charge in [0.1, 0.15) is 13.1 Å². The summed E-state index contributed by atoms with van der Waals surface area (Å²) in [6.45, 7) is 3.75.